The van der Waals surface area contributed by atoms with Crippen molar-refractivity contribution in [3.63, 3.8) is 0 Å². The lowest BCUT2D eigenvalue weighted by molar-refractivity contribution is 0.118. The van der Waals surface area contributed by atoms with Crippen molar-refractivity contribution in [2.75, 3.05) is 13.6 Å². The van der Waals surface area contributed by atoms with Crippen molar-refractivity contribution in [3.8, 4) is 0 Å². The average molecular weight is 268 g/mol. The van der Waals surface area contributed by atoms with Crippen molar-refractivity contribution >= 4 is 0 Å². The van der Waals surface area contributed by atoms with Crippen LogP contribution in [0.25, 0.3) is 0 Å². The molecular formula is C17H36N2. The Morgan fingerprint density at radius 2 is 1.68 bits per heavy atom. The summed E-state index contributed by atoms with van der Waals surface area (Å²) < 4.78 is 0. The van der Waals surface area contributed by atoms with Crippen LogP contribution in [-0.2, 0) is 0 Å². The summed E-state index contributed by atoms with van der Waals surface area (Å²) in [6.07, 6.45) is 12.5. The summed E-state index contributed by atoms with van der Waals surface area (Å²) in [5, 5.41) is 3.73. The van der Waals surface area contributed by atoms with Gasteiger partial charge in [0.05, 0.1) is 0 Å². The molecule has 0 aromatic rings. The molecule has 0 spiro atoms. The van der Waals surface area contributed by atoms with Crippen molar-refractivity contribution in [1.29, 1.82) is 0 Å². The van der Waals surface area contributed by atoms with E-state index in [0.717, 1.165) is 12.6 Å². The van der Waals surface area contributed by atoms with E-state index >= 15 is 0 Å². The van der Waals surface area contributed by atoms with Crippen molar-refractivity contribution < 1.29 is 0 Å². The highest BCUT2D eigenvalue weighted by Crippen LogP contribution is 2.25. The molecule has 0 saturated heterocycles. The van der Waals surface area contributed by atoms with Crippen molar-refractivity contribution in [2.24, 2.45) is 0 Å². The largest absolute Gasteiger partial charge is 0.313 e. The summed E-state index contributed by atoms with van der Waals surface area (Å²) in [5.41, 5.74) is 0. The molecule has 1 aliphatic rings. The number of nitrogens with zero attached hydrogens (tertiary/aromatic N) is 1. The minimum Gasteiger partial charge on any atom is -0.313 e. The number of likely N-dealkylation sites (N-methyl/N-ethyl adjacent to an activating group) is 2. The molecule has 0 heterocycles. The molecule has 1 aliphatic carbocycles. The maximum atomic E-state index is 3.73. The second-order valence-electron chi connectivity index (χ2n) is 6.24. The third kappa shape index (κ3) is 5.43. The van der Waals surface area contributed by atoms with E-state index in [1.807, 2.05) is 0 Å². The number of hydrogen-bond acceptors (Lipinski definition) is 2. The van der Waals surface area contributed by atoms with E-state index in [9.17, 15) is 0 Å². The van der Waals surface area contributed by atoms with E-state index < -0.39 is 0 Å². The van der Waals surface area contributed by atoms with Crippen LogP contribution in [0.1, 0.15) is 78.6 Å². The highest BCUT2D eigenvalue weighted by Gasteiger charge is 2.27. The third-order valence-electron chi connectivity index (χ3n) is 4.87. The molecule has 1 N–H and O–H groups in total. The first kappa shape index (κ1) is 17.0. The Hall–Kier alpha value is -0.0800. The first-order valence-corrected chi connectivity index (χ1v) is 8.69. The minimum absolute atomic E-state index is 0.674. The van der Waals surface area contributed by atoms with Crippen LogP contribution in [0.2, 0.25) is 0 Å². The lowest BCUT2D eigenvalue weighted by Crippen LogP contribution is -2.51. The van der Waals surface area contributed by atoms with Gasteiger partial charge in [-0.3, -0.25) is 4.90 Å². The molecule has 2 heteroatoms. The second-order valence-corrected chi connectivity index (χ2v) is 6.24. The quantitative estimate of drug-likeness (QED) is 0.664. The van der Waals surface area contributed by atoms with Gasteiger partial charge in [0.25, 0.3) is 0 Å². The van der Waals surface area contributed by atoms with Crippen LogP contribution in [0.4, 0.5) is 0 Å². The zero-order valence-electron chi connectivity index (χ0n) is 13.8. The standard InChI is InChI=1S/C17H36N2/c1-5-12-16(18-7-3)17(6-2)19(4)15-13-10-8-9-11-14-15/h15-18H,5-14H2,1-4H3. The smallest absolute Gasteiger partial charge is 0.0246 e. The van der Waals surface area contributed by atoms with E-state index in [0.29, 0.717) is 12.1 Å². The maximum absolute atomic E-state index is 3.73. The molecular weight excluding hydrogens is 232 g/mol. The van der Waals surface area contributed by atoms with Crippen LogP contribution in [0.5, 0.6) is 0 Å². The Bertz CT molecular complexity index is 203. The van der Waals surface area contributed by atoms with Gasteiger partial charge < -0.3 is 5.32 Å². The van der Waals surface area contributed by atoms with Gasteiger partial charge in [0.15, 0.2) is 0 Å². The third-order valence-corrected chi connectivity index (χ3v) is 4.87. The first-order valence-electron chi connectivity index (χ1n) is 8.69. The lowest BCUT2D eigenvalue weighted by atomic mass is 9.96. The molecule has 0 aromatic heterocycles. The van der Waals surface area contributed by atoms with Gasteiger partial charge in [-0.05, 0) is 39.3 Å². The number of nitrogens with one attached hydrogen (secondary N) is 1. The number of hydrogen-bond donors (Lipinski definition) is 1. The van der Waals surface area contributed by atoms with Gasteiger partial charge in [0.2, 0.25) is 0 Å². The fraction of sp³-hybridized carbons (Fsp3) is 1.00. The summed E-state index contributed by atoms with van der Waals surface area (Å²) in [5.74, 6) is 0. The Labute approximate surface area is 121 Å². The molecule has 1 rings (SSSR count). The molecule has 0 radical (unpaired) electrons. The van der Waals surface area contributed by atoms with Crippen LogP contribution >= 0.6 is 0 Å². The van der Waals surface area contributed by atoms with Gasteiger partial charge in [-0.2, -0.15) is 0 Å². The van der Waals surface area contributed by atoms with Crippen molar-refractivity contribution in [3.05, 3.63) is 0 Å². The molecule has 19 heavy (non-hydrogen) atoms. The molecule has 0 bridgehead atoms. The van der Waals surface area contributed by atoms with E-state index in [2.05, 4.69) is 38.0 Å². The zero-order valence-corrected chi connectivity index (χ0v) is 13.8. The van der Waals surface area contributed by atoms with E-state index in [1.165, 1.54) is 57.8 Å². The number of rotatable bonds is 8. The molecule has 0 amide bonds. The first-order chi connectivity index (χ1) is 9.24. The normalized spacial score (nSPS) is 21.3. The van der Waals surface area contributed by atoms with Gasteiger partial charge in [0.1, 0.15) is 0 Å². The lowest BCUT2D eigenvalue weighted by Gasteiger charge is -2.39. The summed E-state index contributed by atoms with van der Waals surface area (Å²) >= 11 is 0. The zero-order chi connectivity index (χ0) is 14.1. The van der Waals surface area contributed by atoms with Crippen molar-refractivity contribution in [2.45, 2.75) is 96.7 Å². The summed E-state index contributed by atoms with van der Waals surface area (Å²) in [6, 6.07) is 2.21. The highest BCUT2D eigenvalue weighted by molar-refractivity contribution is 4.86. The molecule has 1 saturated carbocycles. The van der Waals surface area contributed by atoms with E-state index in [4.69, 9.17) is 0 Å². The van der Waals surface area contributed by atoms with Gasteiger partial charge in [-0.15, -0.1) is 0 Å². The van der Waals surface area contributed by atoms with E-state index in [1.54, 1.807) is 0 Å². The van der Waals surface area contributed by atoms with Gasteiger partial charge in [-0.25, -0.2) is 0 Å². The summed E-state index contributed by atoms with van der Waals surface area (Å²) in [7, 11) is 2.38. The maximum Gasteiger partial charge on any atom is 0.0246 e. The Morgan fingerprint density at radius 1 is 1.05 bits per heavy atom. The minimum atomic E-state index is 0.674. The predicted molar refractivity (Wildman–Crippen MR) is 85.7 cm³/mol. The molecule has 114 valence electrons. The summed E-state index contributed by atoms with van der Waals surface area (Å²) in [6.45, 7) is 8.00. The molecule has 2 atom stereocenters. The Morgan fingerprint density at radius 3 is 2.16 bits per heavy atom. The Balaban J connectivity index is 2.63. The van der Waals surface area contributed by atoms with Crippen LogP contribution in [0.15, 0.2) is 0 Å². The average Bonchev–Trinajstić information content (AvgIpc) is 2.68. The SMILES string of the molecule is CCCC(NCC)C(CC)N(C)C1CCCCCC1. The molecule has 1 fully saturated rings. The van der Waals surface area contributed by atoms with Crippen LogP contribution in [-0.4, -0.2) is 36.6 Å². The highest BCUT2D eigenvalue weighted by atomic mass is 15.2. The molecule has 2 unspecified atom stereocenters. The predicted octanol–water partition coefficient (Wildman–Crippen LogP) is 4.20. The van der Waals surface area contributed by atoms with Crippen LogP contribution in [0.3, 0.4) is 0 Å². The van der Waals surface area contributed by atoms with Gasteiger partial charge >= 0.3 is 0 Å². The second kappa shape index (κ2) is 9.77. The van der Waals surface area contributed by atoms with Gasteiger partial charge in [-0.1, -0.05) is 52.9 Å². The van der Waals surface area contributed by atoms with E-state index in [-0.39, 0.29) is 0 Å². The monoisotopic (exact) mass is 268 g/mol. The molecule has 2 nitrogen and oxygen atoms in total. The van der Waals surface area contributed by atoms with Crippen molar-refractivity contribution in [1.82, 2.24) is 10.2 Å². The topological polar surface area (TPSA) is 15.3 Å². The van der Waals surface area contributed by atoms with Gasteiger partial charge in [0, 0.05) is 18.1 Å². The molecule has 0 aliphatic heterocycles. The Kier molecular flexibility index (Phi) is 8.72. The molecule has 0 aromatic carbocycles. The summed E-state index contributed by atoms with van der Waals surface area (Å²) in [4.78, 5) is 2.72. The fourth-order valence-corrected chi connectivity index (χ4v) is 3.80. The van der Waals surface area contributed by atoms with Crippen LogP contribution in [0, 0.1) is 0 Å². The van der Waals surface area contributed by atoms with Crippen LogP contribution < -0.4 is 5.32 Å². The fourth-order valence-electron chi connectivity index (χ4n) is 3.80.